The van der Waals surface area contributed by atoms with Crippen molar-refractivity contribution in [1.82, 2.24) is 19.5 Å². The number of nitrogens with zero attached hydrogens (tertiary/aromatic N) is 3. The van der Waals surface area contributed by atoms with Gasteiger partial charge in [0.1, 0.15) is 11.3 Å². The summed E-state index contributed by atoms with van der Waals surface area (Å²) >= 11 is 0. The van der Waals surface area contributed by atoms with Crippen molar-refractivity contribution in [2.75, 3.05) is 11.9 Å². The normalized spacial score (nSPS) is 14.4. The topological polar surface area (TPSA) is 75.6 Å². The molecule has 1 saturated carbocycles. The number of imidazole rings is 1. The van der Waals surface area contributed by atoms with E-state index in [4.69, 9.17) is 0 Å². The lowest BCUT2D eigenvalue weighted by Crippen LogP contribution is -2.25. The molecule has 7 heteroatoms. The van der Waals surface area contributed by atoms with Gasteiger partial charge in [-0.25, -0.2) is 9.78 Å². The molecule has 0 atom stereocenters. The van der Waals surface area contributed by atoms with Crippen LogP contribution in [-0.2, 0) is 6.54 Å². The number of hydrogen-bond acceptors (Lipinski definition) is 4. The molecule has 6 nitrogen and oxygen atoms in total. The summed E-state index contributed by atoms with van der Waals surface area (Å²) in [7, 11) is 0. The maximum atomic E-state index is 12.3. The zero-order valence-corrected chi connectivity index (χ0v) is 14.2. The highest BCUT2D eigenvalue weighted by Gasteiger charge is 2.25. The van der Waals surface area contributed by atoms with Gasteiger partial charge in [0, 0.05) is 19.0 Å². The van der Waals surface area contributed by atoms with Gasteiger partial charge in [-0.1, -0.05) is 20.8 Å². The largest absolute Gasteiger partial charge is 0.368 e. The van der Waals surface area contributed by atoms with Crippen LogP contribution in [0.3, 0.4) is 0 Å². The summed E-state index contributed by atoms with van der Waals surface area (Å²) in [5.41, 5.74) is 1.39. The minimum atomic E-state index is -0.199. The highest BCUT2D eigenvalue weighted by molar-refractivity contribution is 5.85. The zero-order chi connectivity index (χ0) is 15.0. The number of nitrogens with one attached hydrogen (secondary N) is 2. The van der Waals surface area contributed by atoms with Crippen LogP contribution in [0.25, 0.3) is 11.2 Å². The van der Waals surface area contributed by atoms with Gasteiger partial charge in [-0.05, 0) is 25.2 Å². The fourth-order valence-corrected chi connectivity index (χ4v) is 2.41. The molecule has 0 bridgehead atoms. The van der Waals surface area contributed by atoms with E-state index in [9.17, 15) is 4.79 Å². The van der Waals surface area contributed by atoms with E-state index < -0.39 is 0 Å². The van der Waals surface area contributed by atoms with E-state index in [0.717, 1.165) is 36.5 Å². The number of anilines is 1. The summed E-state index contributed by atoms with van der Waals surface area (Å²) < 4.78 is 1.73. The molecule has 2 aromatic rings. The monoisotopic (exact) mass is 325 g/mol. The Hall–Kier alpha value is -1.56. The second-order valence-electron chi connectivity index (χ2n) is 6.20. The number of aromatic nitrogens is 4. The SMILES string of the molecule is CCCNc1nc(=O)n(CC2CC2)c2nc(C(C)C)[nH]c12.Cl. The van der Waals surface area contributed by atoms with Crippen LogP contribution in [0.2, 0.25) is 0 Å². The maximum Gasteiger partial charge on any atom is 0.351 e. The van der Waals surface area contributed by atoms with Crippen molar-refractivity contribution >= 4 is 29.4 Å². The first-order valence-electron chi connectivity index (χ1n) is 7.84. The van der Waals surface area contributed by atoms with Gasteiger partial charge in [-0.15, -0.1) is 12.4 Å². The van der Waals surface area contributed by atoms with Gasteiger partial charge < -0.3 is 10.3 Å². The van der Waals surface area contributed by atoms with Crippen molar-refractivity contribution in [2.24, 2.45) is 5.92 Å². The third kappa shape index (κ3) is 3.27. The summed E-state index contributed by atoms with van der Waals surface area (Å²) in [6.45, 7) is 7.80. The Morgan fingerprint density at radius 2 is 2.09 bits per heavy atom. The fraction of sp³-hybridized carbons (Fsp3) is 0.667. The van der Waals surface area contributed by atoms with Gasteiger partial charge in [0.25, 0.3) is 0 Å². The standard InChI is InChI=1S/C15H23N5O.ClH/c1-4-7-16-13-11-14(18-12(17-11)9(2)3)20(15(21)19-13)8-10-5-6-10;/h9-10H,4-8H2,1-3H3,(H,17,18)(H,16,19,21);1H. The van der Waals surface area contributed by atoms with Gasteiger partial charge in [0.05, 0.1) is 0 Å². The van der Waals surface area contributed by atoms with Crippen molar-refractivity contribution in [1.29, 1.82) is 0 Å². The minimum absolute atomic E-state index is 0. The number of H-pyrrole nitrogens is 1. The molecule has 0 aromatic carbocycles. The highest BCUT2D eigenvalue weighted by Crippen LogP contribution is 2.31. The molecule has 0 spiro atoms. The van der Waals surface area contributed by atoms with E-state index in [1.165, 1.54) is 12.8 Å². The van der Waals surface area contributed by atoms with Crippen molar-refractivity contribution in [3.8, 4) is 0 Å². The van der Waals surface area contributed by atoms with E-state index in [0.29, 0.717) is 17.7 Å². The summed E-state index contributed by atoms with van der Waals surface area (Å²) in [6, 6.07) is 0. The molecule has 1 fully saturated rings. The Labute approximate surface area is 136 Å². The van der Waals surface area contributed by atoms with Crippen molar-refractivity contribution < 1.29 is 0 Å². The minimum Gasteiger partial charge on any atom is -0.368 e. The van der Waals surface area contributed by atoms with Crippen molar-refractivity contribution in [3.05, 3.63) is 16.3 Å². The number of halogens is 1. The quantitative estimate of drug-likeness (QED) is 0.856. The van der Waals surface area contributed by atoms with Gasteiger partial charge in [0.15, 0.2) is 11.5 Å². The van der Waals surface area contributed by atoms with Crippen LogP contribution in [0.4, 0.5) is 5.82 Å². The molecule has 122 valence electrons. The van der Waals surface area contributed by atoms with Crippen LogP contribution in [0, 0.1) is 5.92 Å². The average Bonchev–Trinajstić information content (AvgIpc) is 3.15. The van der Waals surface area contributed by atoms with Crippen LogP contribution >= 0.6 is 12.4 Å². The fourth-order valence-electron chi connectivity index (χ4n) is 2.41. The third-order valence-electron chi connectivity index (χ3n) is 3.86. The Morgan fingerprint density at radius 1 is 1.36 bits per heavy atom. The van der Waals surface area contributed by atoms with E-state index >= 15 is 0 Å². The highest BCUT2D eigenvalue weighted by atomic mass is 35.5. The van der Waals surface area contributed by atoms with Crippen LogP contribution in [0.1, 0.15) is 51.8 Å². The maximum absolute atomic E-state index is 12.3. The lowest BCUT2D eigenvalue weighted by atomic mass is 10.2. The molecule has 2 aromatic heterocycles. The zero-order valence-electron chi connectivity index (χ0n) is 13.3. The van der Waals surface area contributed by atoms with Crippen LogP contribution in [0.5, 0.6) is 0 Å². The summed E-state index contributed by atoms with van der Waals surface area (Å²) in [4.78, 5) is 24.5. The molecule has 2 N–H and O–H groups in total. The second-order valence-corrected chi connectivity index (χ2v) is 6.20. The predicted octanol–water partition coefficient (Wildman–Crippen LogP) is 2.90. The first-order chi connectivity index (χ1) is 10.1. The van der Waals surface area contributed by atoms with E-state index in [-0.39, 0.29) is 18.1 Å². The van der Waals surface area contributed by atoms with Crippen LogP contribution < -0.4 is 11.0 Å². The number of aromatic amines is 1. The second kappa shape index (κ2) is 6.69. The van der Waals surface area contributed by atoms with Crippen LogP contribution in [0.15, 0.2) is 4.79 Å². The molecule has 0 radical (unpaired) electrons. The van der Waals surface area contributed by atoms with Crippen molar-refractivity contribution in [2.45, 2.75) is 52.5 Å². The molecule has 0 unspecified atom stereocenters. The molecule has 0 aliphatic heterocycles. The molecular formula is C15H24ClN5O. The molecule has 3 rings (SSSR count). The van der Waals surface area contributed by atoms with E-state index in [1.54, 1.807) is 4.57 Å². The Balaban J connectivity index is 0.00000176. The molecule has 22 heavy (non-hydrogen) atoms. The van der Waals surface area contributed by atoms with Crippen LogP contribution in [-0.4, -0.2) is 26.1 Å². The molecule has 0 saturated heterocycles. The Morgan fingerprint density at radius 3 is 2.68 bits per heavy atom. The Bertz CT molecular complexity index is 702. The summed E-state index contributed by atoms with van der Waals surface area (Å²) in [6.07, 6.45) is 3.38. The smallest absolute Gasteiger partial charge is 0.351 e. The lowest BCUT2D eigenvalue weighted by Gasteiger charge is -2.09. The first kappa shape index (κ1) is 16.8. The van der Waals surface area contributed by atoms with Gasteiger partial charge >= 0.3 is 5.69 Å². The first-order valence-corrected chi connectivity index (χ1v) is 7.84. The lowest BCUT2D eigenvalue weighted by molar-refractivity contribution is 0.609. The van der Waals surface area contributed by atoms with Crippen molar-refractivity contribution in [3.63, 3.8) is 0 Å². The predicted molar refractivity (Wildman–Crippen MR) is 91.0 cm³/mol. The number of hydrogen-bond donors (Lipinski definition) is 2. The molecule has 0 amide bonds. The molecular weight excluding hydrogens is 302 g/mol. The van der Waals surface area contributed by atoms with E-state index in [2.05, 4.69) is 41.0 Å². The molecule has 1 aliphatic rings. The summed E-state index contributed by atoms with van der Waals surface area (Å²) in [5.74, 6) is 2.44. The Kier molecular flexibility index (Phi) is 5.11. The van der Waals surface area contributed by atoms with E-state index in [1.807, 2.05) is 0 Å². The average molecular weight is 326 g/mol. The third-order valence-corrected chi connectivity index (χ3v) is 3.86. The van der Waals surface area contributed by atoms with Gasteiger partial charge in [-0.3, -0.25) is 4.57 Å². The summed E-state index contributed by atoms with van der Waals surface area (Å²) in [5, 5.41) is 3.23. The number of rotatable bonds is 6. The molecule has 1 aliphatic carbocycles. The number of fused-ring (bicyclic) bond motifs is 1. The van der Waals surface area contributed by atoms with Gasteiger partial charge in [0.2, 0.25) is 0 Å². The molecule has 2 heterocycles. The van der Waals surface area contributed by atoms with Gasteiger partial charge in [-0.2, -0.15) is 4.98 Å².